The third-order valence-corrected chi connectivity index (χ3v) is 10.3. The summed E-state index contributed by atoms with van der Waals surface area (Å²) in [5.74, 6) is -3.03. The number of fused-ring (bicyclic) bond motifs is 3. The Morgan fingerprint density at radius 2 is 1.88 bits per heavy atom. The summed E-state index contributed by atoms with van der Waals surface area (Å²) in [5, 5.41) is 32.3. The SMILES string of the molecule is COC1C(O)C(C)OC(OC2CCC3(C)C(=CC(O)C4CC(=O)OC5COC6(C)OC(=O)C(=CCC43)C56)C2)C1O. The van der Waals surface area contributed by atoms with Crippen molar-refractivity contribution >= 4 is 11.9 Å². The van der Waals surface area contributed by atoms with Gasteiger partial charge in [0.1, 0.15) is 24.4 Å². The van der Waals surface area contributed by atoms with Gasteiger partial charge in [0.15, 0.2) is 6.29 Å². The highest BCUT2D eigenvalue weighted by molar-refractivity contribution is 5.92. The molecular formula is C29H40O11. The molecule has 4 aliphatic heterocycles. The molecular weight excluding hydrogens is 524 g/mol. The maximum absolute atomic E-state index is 13.1. The van der Waals surface area contributed by atoms with E-state index in [1.54, 1.807) is 13.8 Å². The van der Waals surface area contributed by atoms with Gasteiger partial charge in [-0.3, -0.25) is 4.79 Å². The fourth-order valence-corrected chi connectivity index (χ4v) is 8.01. The van der Waals surface area contributed by atoms with Crippen LogP contribution in [0.2, 0.25) is 0 Å². The molecule has 0 radical (unpaired) electrons. The summed E-state index contributed by atoms with van der Waals surface area (Å²) in [4.78, 5) is 25.9. The van der Waals surface area contributed by atoms with Crippen molar-refractivity contribution in [1.29, 1.82) is 0 Å². The molecule has 4 heterocycles. The Bertz CT molecular complexity index is 1100. The lowest BCUT2D eigenvalue weighted by Gasteiger charge is -2.52. The first-order chi connectivity index (χ1) is 18.9. The zero-order valence-corrected chi connectivity index (χ0v) is 23.4. The topological polar surface area (TPSA) is 150 Å². The second kappa shape index (κ2) is 10.1. The lowest BCUT2D eigenvalue weighted by molar-refractivity contribution is -0.309. The van der Waals surface area contributed by atoms with Gasteiger partial charge < -0.3 is 43.7 Å². The Balaban J connectivity index is 1.25. The number of aliphatic hydroxyl groups excluding tert-OH is 3. The van der Waals surface area contributed by atoms with Crippen molar-refractivity contribution in [1.82, 2.24) is 0 Å². The number of methoxy groups -OCH3 is 1. The molecule has 0 amide bonds. The van der Waals surface area contributed by atoms with Crippen LogP contribution in [0.15, 0.2) is 23.3 Å². The van der Waals surface area contributed by atoms with Crippen LogP contribution in [0.3, 0.4) is 0 Å². The minimum Gasteiger partial charge on any atom is -0.459 e. The van der Waals surface area contributed by atoms with E-state index in [-0.39, 0.29) is 36.4 Å². The average molecular weight is 565 g/mol. The number of hydrogen-bond acceptors (Lipinski definition) is 11. The molecule has 4 fully saturated rings. The zero-order chi connectivity index (χ0) is 28.6. The minimum absolute atomic E-state index is 0.0593. The first-order valence-electron chi connectivity index (χ1n) is 14.3. The summed E-state index contributed by atoms with van der Waals surface area (Å²) in [5.41, 5.74) is 1.13. The van der Waals surface area contributed by atoms with E-state index in [1.165, 1.54) is 7.11 Å². The quantitative estimate of drug-likeness (QED) is 0.334. The molecule has 6 rings (SSSR count). The number of aliphatic hydroxyl groups is 3. The lowest BCUT2D eigenvalue weighted by Crippen LogP contribution is -2.59. The maximum atomic E-state index is 13.1. The van der Waals surface area contributed by atoms with E-state index in [0.717, 1.165) is 5.57 Å². The molecule has 0 bridgehead atoms. The van der Waals surface area contributed by atoms with Crippen LogP contribution >= 0.6 is 0 Å². The van der Waals surface area contributed by atoms with Gasteiger partial charge in [-0.05, 0) is 43.9 Å². The Hall–Kier alpha value is -1.86. The number of esters is 2. The highest BCUT2D eigenvalue weighted by Crippen LogP contribution is 2.56. The summed E-state index contributed by atoms with van der Waals surface area (Å²) in [6, 6.07) is 0. The molecule has 222 valence electrons. The Morgan fingerprint density at radius 1 is 1.10 bits per heavy atom. The van der Waals surface area contributed by atoms with E-state index >= 15 is 0 Å². The average Bonchev–Trinajstić information content (AvgIpc) is 3.34. The van der Waals surface area contributed by atoms with Gasteiger partial charge in [-0.15, -0.1) is 0 Å². The number of ether oxygens (including phenoxy) is 6. The van der Waals surface area contributed by atoms with Crippen molar-refractivity contribution in [3.05, 3.63) is 23.3 Å². The summed E-state index contributed by atoms with van der Waals surface area (Å²) in [6.45, 7) is 5.71. The van der Waals surface area contributed by atoms with Crippen LogP contribution in [0.1, 0.15) is 52.9 Å². The van der Waals surface area contributed by atoms with E-state index < -0.39 is 66.6 Å². The van der Waals surface area contributed by atoms with E-state index in [2.05, 4.69) is 6.92 Å². The molecule has 11 nitrogen and oxygen atoms in total. The molecule has 0 aromatic heterocycles. The number of hydrogen-bond donors (Lipinski definition) is 3. The van der Waals surface area contributed by atoms with Crippen molar-refractivity contribution in [2.75, 3.05) is 13.7 Å². The molecule has 2 aliphatic carbocycles. The third-order valence-electron chi connectivity index (χ3n) is 10.3. The smallest absolute Gasteiger partial charge is 0.336 e. The third kappa shape index (κ3) is 4.45. The van der Waals surface area contributed by atoms with Gasteiger partial charge in [-0.1, -0.05) is 24.6 Å². The maximum Gasteiger partial charge on any atom is 0.336 e. The second-order valence-corrected chi connectivity index (χ2v) is 12.6. The lowest BCUT2D eigenvalue weighted by atomic mass is 9.54. The van der Waals surface area contributed by atoms with E-state index in [0.29, 0.717) is 31.3 Å². The molecule has 3 N–H and O–H groups in total. The molecule has 1 saturated carbocycles. The van der Waals surface area contributed by atoms with Gasteiger partial charge in [0.05, 0.1) is 37.3 Å². The van der Waals surface area contributed by atoms with Gasteiger partial charge in [-0.2, -0.15) is 0 Å². The summed E-state index contributed by atoms with van der Waals surface area (Å²) in [6.07, 6.45) is -0.0870. The van der Waals surface area contributed by atoms with Crippen LogP contribution in [-0.4, -0.2) is 95.8 Å². The monoisotopic (exact) mass is 564 g/mol. The van der Waals surface area contributed by atoms with Crippen LogP contribution in [0.5, 0.6) is 0 Å². The Labute approximate surface area is 233 Å². The normalized spacial score (nSPS) is 50.5. The number of allylic oxidation sites excluding steroid dienone is 1. The Morgan fingerprint density at radius 3 is 2.62 bits per heavy atom. The highest BCUT2D eigenvalue weighted by Gasteiger charge is 2.61. The standard InChI is InChI=1S/C29H40O11/c1-13-23(32)25(35-4)24(33)27(37-13)38-15-7-8-28(2)14(9-15)10-19(30)17-11-21(31)39-20-12-36-29(3)22(20)16(26(34)40-29)5-6-18(17)28/h5,10,13,15,17-20,22-25,27,30,32-33H,6-9,11-12H2,1-4H3. The zero-order valence-electron chi connectivity index (χ0n) is 23.4. The second-order valence-electron chi connectivity index (χ2n) is 12.6. The molecule has 13 unspecified atom stereocenters. The van der Waals surface area contributed by atoms with E-state index in [1.807, 2.05) is 12.2 Å². The molecule has 0 aromatic carbocycles. The van der Waals surface area contributed by atoms with Crippen LogP contribution in [0.4, 0.5) is 0 Å². The van der Waals surface area contributed by atoms with Gasteiger partial charge in [0, 0.05) is 25.5 Å². The van der Waals surface area contributed by atoms with Crippen LogP contribution in [0.25, 0.3) is 0 Å². The van der Waals surface area contributed by atoms with Gasteiger partial charge >= 0.3 is 11.9 Å². The van der Waals surface area contributed by atoms with Gasteiger partial charge in [-0.25, -0.2) is 4.79 Å². The van der Waals surface area contributed by atoms with Crippen molar-refractivity contribution in [2.24, 2.45) is 23.2 Å². The van der Waals surface area contributed by atoms with Crippen LogP contribution in [-0.2, 0) is 38.0 Å². The molecule has 0 spiro atoms. The molecule has 6 aliphatic rings. The van der Waals surface area contributed by atoms with Crippen molar-refractivity contribution in [2.45, 2.75) is 108 Å². The summed E-state index contributed by atoms with van der Waals surface area (Å²) < 4.78 is 34.4. The fourth-order valence-electron chi connectivity index (χ4n) is 8.01. The van der Waals surface area contributed by atoms with Crippen molar-refractivity contribution in [3.8, 4) is 0 Å². The predicted molar refractivity (Wildman–Crippen MR) is 136 cm³/mol. The van der Waals surface area contributed by atoms with Crippen molar-refractivity contribution < 1.29 is 53.3 Å². The molecule has 0 aromatic rings. The number of carbonyl (C=O) groups is 2. The molecule has 13 atom stereocenters. The van der Waals surface area contributed by atoms with E-state index in [4.69, 9.17) is 28.4 Å². The van der Waals surface area contributed by atoms with Crippen LogP contribution in [0, 0.1) is 23.2 Å². The molecule has 3 saturated heterocycles. The fraction of sp³-hybridized carbons (Fsp3) is 0.793. The molecule has 11 heteroatoms. The minimum atomic E-state index is -1.16. The Kier molecular flexibility index (Phi) is 7.17. The van der Waals surface area contributed by atoms with Gasteiger partial charge in [0.25, 0.3) is 0 Å². The van der Waals surface area contributed by atoms with Crippen molar-refractivity contribution in [3.63, 3.8) is 0 Å². The van der Waals surface area contributed by atoms with Gasteiger partial charge in [0.2, 0.25) is 5.79 Å². The predicted octanol–water partition coefficient (Wildman–Crippen LogP) is 1.13. The first-order valence-corrected chi connectivity index (χ1v) is 14.3. The summed E-state index contributed by atoms with van der Waals surface area (Å²) >= 11 is 0. The molecule has 40 heavy (non-hydrogen) atoms. The van der Waals surface area contributed by atoms with E-state index in [9.17, 15) is 24.9 Å². The summed E-state index contributed by atoms with van der Waals surface area (Å²) in [7, 11) is 1.43. The highest BCUT2D eigenvalue weighted by atomic mass is 16.7. The first kappa shape index (κ1) is 28.3. The van der Waals surface area contributed by atoms with Crippen LogP contribution < -0.4 is 0 Å². The largest absolute Gasteiger partial charge is 0.459 e. The number of carbonyl (C=O) groups excluding carboxylic acids is 2. The number of rotatable bonds is 3.